The Morgan fingerprint density at radius 2 is 1.96 bits per heavy atom. The van der Waals surface area contributed by atoms with E-state index in [2.05, 4.69) is 4.99 Å². The van der Waals surface area contributed by atoms with Crippen molar-refractivity contribution in [3.63, 3.8) is 0 Å². The highest BCUT2D eigenvalue weighted by Gasteiger charge is 2.31. The third-order valence-electron chi connectivity index (χ3n) is 3.97. The van der Waals surface area contributed by atoms with Crippen LogP contribution < -0.4 is 4.74 Å². The van der Waals surface area contributed by atoms with E-state index >= 15 is 0 Å². The van der Waals surface area contributed by atoms with Crippen LogP contribution in [0.1, 0.15) is 25.0 Å². The predicted molar refractivity (Wildman–Crippen MR) is 108 cm³/mol. The van der Waals surface area contributed by atoms with Crippen LogP contribution in [-0.2, 0) is 11.4 Å². The number of amidine groups is 1. The summed E-state index contributed by atoms with van der Waals surface area (Å²) in [6.07, 6.45) is 1.86. The van der Waals surface area contributed by atoms with Crippen molar-refractivity contribution in [3.8, 4) is 5.75 Å². The van der Waals surface area contributed by atoms with E-state index in [1.165, 1.54) is 23.9 Å². The number of carbonyl (C=O) groups excluding carboxylic acids is 1. The van der Waals surface area contributed by atoms with Crippen LogP contribution in [0.25, 0.3) is 6.08 Å². The Bertz CT molecular complexity index is 878. The zero-order valence-corrected chi connectivity index (χ0v) is 16.1. The molecular weight excluding hydrogens is 363 g/mol. The molecule has 6 heteroatoms. The number of thioether (sulfide) groups is 1. The normalized spacial score (nSPS) is 17.1. The maximum atomic E-state index is 13.0. The Kier molecular flexibility index (Phi) is 6.29. The molecule has 0 unspecified atom stereocenters. The average Bonchev–Trinajstić information content (AvgIpc) is 2.96. The average molecular weight is 384 g/mol. The maximum absolute atomic E-state index is 13.0. The summed E-state index contributed by atoms with van der Waals surface area (Å²) >= 11 is 1.40. The summed E-state index contributed by atoms with van der Waals surface area (Å²) in [6.45, 7) is 5.49. The highest BCUT2D eigenvalue weighted by molar-refractivity contribution is 8.18. The summed E-state index contributed by atoms with van der Waals surface area (Å²) in [5, 5.41) is 0.750. The molecule has 0 N–H and O–H groups in total. The van der Waals surface area contributed by atoms with Crippen LogP contribution in [0.2, 0.25) is 0 Å². The molecule has 1 amide bonds. The molecule has 2 aromatic carbocycles. The van der Waals surface area contributed by atoms with Crippen LogP contribution in [0.3, 0.4) is 0 Å². The zero-order chi connectivity index (χ0) is 19.2. The van der Waals surface area contributed by atoms with Gasteiger partial charge in [-0.15, -0.1) is 0 Å². The molecule has 1 saturated heterocycles. The second-order valence-corrected chi connectivity index (χ2v) is 6.91. The fourth-order valence-corrected chi connectivity index (χ4v) is 3.74. The van der Waals surface area contributed by atoms with Crippen molar-refractivity contribution in [1.82, 2.24) is 4.90 Å². The Morgan fingerprint density at radius 3 is 2.67 bits per heavy atom. The number of carbonyl (C=O) groups is 1. The number of ether oxygens (including phenoxy) is 1. The maximum Gasteiger partial charge on any atom is 0.266 e. The number of rotatable bonds is 6. The van der Waals surface area contributed by atoms with Gasteiger partial charge in [-0.1, -0.05) is 24.3 Å². The Balaban J connectivity index is 1.73. The van der Waals surface area contributed by atoms with Gasteiger partial charge in [0.1, 0.15) is 18.2 Å². The largest absolute Gasteiger partial charge is 0.489 e. The molecule has 0 aliphatic carbocycles. The summed E-state index contributed by atoms with van der Waals surface area (Å²) in [5.41, 5.74) is 1.77. The highest BCUT2D eigenvalue weighted by Crippen LogP contribution is 2.32. The third kappa shape index (κ3) is 4.77. The molecule has 0 saturated carbocycles. The van der Waals surface area contributed by atoms with Gasteiger partial charge in [-0.3, -0.25) is 14.7 Å². The first-order valence-electron chi connectivity index (χ1n) is 8.84. The Hall–Kier alpha value is -2.60. The summed E-state index contributed by atoms with van der Waals surface area (Å²) < 4.78 is 18.8. The van der Waals surface area contributed by atoms with E-state index in [-0.39, 0.29) is 11.7 Å². The molecular formula is C21H21FN2O2S. The molecule has 0 spiro atoms. The zero-order valence-electron chi connectivity index (χ0n) is 15.3. The van der Waals surface area contributed by atoms with E-state index in [1.807, 2.05) is 44.2 Å². The van der Waals surface area contributed by atoms with Crippen molar-refractivity contribution in [2.75, 3.05) is 13.1 Å². The van der Waals surface area contributed by atoms with Gasteiger partial charge in [0.2, 0.25) is 0 Å². The summed E-state index contributed by atoms with van der Waals surface area (Å²) in [4.78, 5) is 19.3. The number of aliphatic imine (C=N–C) groups is 1. The van der Waals surface area contributed by atoms with Gasteiger partial charge in [0.25, 0.3) is 5.91 Å². The van der Waals surface area contributed by atoms with Crippen LogP contribution in [0.4, 0.5) is 4.39 Å². The second kappa shape index (κ2) is 8.86. The molecule has 2 aromatic rings. The number of halogens is 1. The lowest BCUT2D eigenvalue weighted by Gasteiger charge is -2.11. The lowest BCUT2D eigenvalue weighted by molar-refractivity contribution is -0.122. The minimum Gasteiger partial charge on any atom is -0.489 e. The van der Waals surface area contributed by atoms with Gasteiger partial charge in [-0.05, 0) is 67.1 Å². The van der Waals surface area contributed by atoms with E-state index in [1.54, 1.807) is 17.0 Å². The molecule has 140 valence electrons. The minimum atomic E-state index is -0.266. The first kappa shape index (κ1) is 19.2. The predicted octanol–water partition coefficient (Wildman–Crippen LogP) is 4.72. The van der Waals surface area contributed by atoms with Crippen molar-refractivity contribution in [3.05, 3.63) is 70.4 Å². The monoisotopic (exact) mass is 384 g/mol. The standard InChI is InChI=1S/C21H21FN2O2S/c1-3-23-21-24(4-2)20(25)19(27-21)13-16-6-5-7-18(12-16)26-14-15-8-10-17(22)11-9-15/h5-13H,3-4,14H2,1-2H3/b19-13+,23-21?. The number of amides is 1. The molecule has 1 heterocycles. The second-order valence-electron chi connectivity index (χ2n) is 5.90. The van der Waals surface area contributed by atoms with E-state index < -0.39 is 0 Å². The smallest absolute Gasteiger partial charge is 0.266 e. The fourth-order valence-electron chi connectivity index (χ4n) is 2.63. The van der Waals surface area contributed by atoms with Gasteiger partial charge in [0, 0.05) is 13.1 Å². The number of nitrogens with zero attached hydrogens (tertiary/aromatic N) is 2. The highest BCUT2D eigenvalue weighted by atomic mass is 32.2. The summed E-state index contributed by atoms with van der Waals surface area (Å²) in [6, 6.07) is 13.8. The topological polar surface area (TPSA) is 41.9 Å². The van der Waals surface area contributed by atoms with Crippen molar-refractivity contribution in [2.45, 2.75) is 20.5 Å². The quantitative estimate of drug-likeness (QED) is 0.677. The van der Waals surface area contributed by atoms with Gasteiger partial charge < -0.3 is 4.74 Å². The Morgan fingerprint density at radius 1 is 1.19 bits per heavy atom. The Labute approximate surface area is 162 Å². The van der Waals surface area contributed by atoms with E-state index in [4.69, 9.17) is 4.74 Å². The third-order valence-corrected chi connectivity index (χ3v) is 5.02. The van der Waals surface area contributed by atoms with E-state index in [0.717, 1.165) is 16.3 Å². The molecule has 0 atom stereocenters. The molecule has 1 aliphatic rings. The van der Waals surface area contributed by atoms with Crippen molar-refractivity contribution in [1.29, 1.82) is 0 Å². The van der Waals surface area contributed by atoms with Gasteiger partial charge in [0.15, 0.2) is 5.17 Å². The first-order chi connectivity index (χ1) is 13.1. The van der Waals surface area contributed by atoms with Gasteiger partial charge >= 0.3 is 0 Å². The molecule has 1 fully saturated rings. The number of likely N-dealkylation sites (N-methyl/N-ethyl adjacent to an activating group) is 1. The molecule has 1 aliphatic heterocycles. The van der Waals surface area contributed by atoms with Gasteiger partial charge in [0.05, 0.1) is 4.91 Å². The molecule has 0 radical (unpaired) electrons. The molecule has 0 aromatic heterocycles. The molecule has 3 rings (SSSR count). The van der Waals surface area contributed by atoms with Gasteiger partial charge in [-0.25, -0.2) is 4.39 Å². The fraction of sp³-hybridized carbons (Fsp3) is 0.238. The van der Waals surface area contributed by atoms with Crippen molar-refractivity contribution in [2.24, 2.45) is 4.99 Å². The van der Waals surface area contributed by atoms with Gasteiger partial charge in [-0.2, -0.15) is 0 Å². The van der Waals surface area contributed by atoms with Crippen molar-refractivity contribution >= 4 is 28.9 Å². The summed E-state index contributed by atoms with van der Waals surface area (Å²) in [5.74, 6) is 0.407. The van der Waals surface area contributed by atoms with E-state index in [0.29, 0.717) is 30.4 Å². The molecule has 0 bridgehead atoms. The SMILES string of the molecule is CCN=C1S/C(=C/c2cccc(OCc3ccc(F)cc3)c2)C(=O)N1CC. The molecule has 4 nitrogen and oxygen atoms in total. The summed E-state index contributed by atoms with van der Waals surface area (Å²) in [7, 11) is 0. The van der Waals surface area contributed by atoms with Crippen LogP contribution >= 0.6 is 11.8 Å². The van der Waals surface area contributed by atoms with Crippen molar-refractivity contribution < 1.29 is 13.9 Å². The molecule has 27 heavy (non-hydrogen) atoms. The number of hydrogen-bond acceptors (Lipinski definition) is 4. The number of benzene rings is 2. The van der Waals surface area contributed by atoms with Crippen LogP contribution in [0.15, 0.2) is 58.4 Å². The minimum absolute atomic E-state index is 0.0210. The first-order valence-corrected chi connectivity index (χ1v) is 9.65. The lowest BCUT2D eigenvalue weighted by atomic mass is 10.2. The van der Waals surface area contributed by atoms with Crippen LogP contribution in [-0.4, -0.2) is 29.1 Å². The number of hydrogen-bond donors (Lipinski definition) is 0. The van der Waals surface area contributed by atoms with Crippen LogP contribution in [0, 0.1) is 5.82 Å². The van der Waals surface area contributed by atoms with E-state index in [9.17, 15) is 9.18 Å². The van der Waals surface area contributed by atoms with Crippen LogP contribution in [0.5, 0.6) is 5.75 Å². The lowest BCUT2D eigenvalue weighted by Crippen LogP contribution is -2.28.